The first-order chi connectivity index (χ1) is 11.2. The fourth-order valence-electron chi connectivity index (χ4n) is 3.06. The van der Waals surface area contributed by atoms with E-state index in [9.17, 15) is 0 Å². The molecule has 23 heavy (non-hydrogen) atoms. The zero-order chi connectivity index (χ0) is 15.8. The second-order valence-electron chi connectivity index (χ2n) is 6.01. The van der Waals surface area contributed by atoms with Gasteiger partial charge >= 0.3 is 0 Å². The molecule has 4 rings (SSSR count). The molecule has 2 aromatic carbocycles. The molecule has 0 aliphatic carbocycles. The first-order valence-corrected chi connectivity index (χ1v) is 8.30. The van der Waals surface area contributed by atoms with Crippen molar-refractivity contribution in [1.82, 2.24) is 15.3 Å². The van der Waals surface area contributed by atoms with E-state index in [1.807, 2.05) is 6.07 Å². The number of hydrogen-bond donors (Lipinski definition) is 2. The monoisotopic (exact) mass is 326 g/mol. The van der Waals surface area contributed by atoms with Gasteiger partial charge in [0.25, 0.3) is 0 Å². The average Bonchev–Trinajstić information content (AvgIpc) is 2.99. The van der Waals surface area contributed by atoms with E-state index in [1.54, 1.807) is 0 Å². The second-order valence-corrected chi connectivity index (χ2v) is 6.41. The maximum atomic E-state index is 6.44. The molecule has 118 valence electrons. The molecule has 0 amide bonds. The van der Waals surface area contributed by atoms with Gasteiger partial charge in [-0.25, -0.2) is 4.98 Å². The van der Waals surface area contributed by atoms with E-state index >= 15 is 0 Å². The number of nitrogens with one attached hydrogen (secondary N) is 2. The van der Waals surface area contributed by atoms with E-state index in [0.717, 1.165) is 53.6 Å². The zero-order valence-electron chi connectivity index (χ0n) is 13.1. The first kappa shape index (κ1) is 14.5. The molecule has 5 heteroatoms. The van der Waals surface area contributed by atoms with Gasteiger partial charge in [0.05, 0.1) is 16.1 Å². The van der Waals surface area contributed by atoms with Gasteiger partial charge in [0, 0.05) is 37.4 Å². The van der Waals surface area contributed by atoms with E-state index in [1.165, 1.54) is 11.3 Å². The number of halogens is 1. The minimum absolute atomic E-state index is 0.722. The molecular formula is C18H19ClN4. The molecular weight excluding hydrogens is 308 g/mol. The number of piperazine rings is 1. The lowest BCUT2D eigenvalue weighted by atomic mass is 10.1. The standard InChI is InChI=1S/C18H19ClN4/c1-12-2-5-16-17(10-12)22-18(21-16)14-11-13(3-4-15(14)19)23-8-6-20-7-9-23/h2-5,10-11,20H,6-9H2,1H3,(H,21,22). The van der Waals surface area contributed by atoms with E-state index < -0.39 is 0 Å². The van der Waals surface area contributed by atoms with Crippen molar-refractivity contribution in [2.75, 3.05) is 31.1 Å². The van der Waals surface area contributed by atoms with Gasteiger partial charge in [0.1, 0.15) is 5.82 Å². The van der Waals surface area contributed by atoms with Crippen molar-refractivity contribution in [3.63, 3.8) is 0 Å². The summed E-state index contributed by atoms with van der Waals surface area (Å²) in [4.78, 5) is 10.5. The summed E-state index contributed by atoms with van der Waals surface area (Å²) in [6.07, 6.45) is 0. The van der Waals surface area contributed by atoms with Gasteiger partial charge in [0.2, 0.25) is 0 Å². The third-order valence-electron chi connectivity index (χ3n) is 4.33. The maximum Gasteiger partial charge on any atom is 0.140 e. The Morgan fingerprint density at radius 2 is 1.91 bits per heavy atom. The topological polar surface area (TPSA) is 44.0 Å². The fourth-order valence-corrected chi connectivity index (χ4v) is 3.26. The largest absolute Gasteiger partial charge is 0.369 e. The molecule has 3 aromatic rings. The van der Waals surface area contributed by atoms with Crippen LogP contribution < -0.4 is 10.2 Å². The predicted octanol–water partition coefficient (Wildman–Crippen LogP) is 3.60. The Morgan fingerprint density at radius 3 is 2.74 bits per heavy atom. The molecule has 0 atom stereocenters. The van der Waals surface area contributed by atoms with Crippen molar-refractivity contribution >= 4 is 28.3 Å². The molecule has 2 N–H and O–H groups in total. The third kappa shape index (κ3) is 2.80. The molecule has 1 aliphatic heterocycles. The van der Waals surface area contributed by atoms with Crippen LogP contribution in [0.2, 0.25) is 5.02 Å². The Hall–Kier alpha value is -2.04. The highest BCUT2D eigenvalue weighted by Gasteiger charge is 2.15. The lowest BCUT2D eigenvalue weighted by Gasteiger charge is -2.29. The number of imidazole rings is 1. The highest BCUT2D eigenvalue weighted by Crippen LogP contribution is 2.31. The van der Waals surface area contributed by atoms with Gasteiger partial charge in [0.15, 0.2) is 0 Å². The summed E-state index contributed by atoms with van der Waals surface area (Å²) in [6.45, 7) is 6.14. The van der Waals surface area contributed by atoms with Crippen LogP contribution in [0.1, 0.15) is 5.56 Å². The van der Waals surface area contributed by atoms with Crippen LogP contribution in [0.5, 0.6) is 0 Å². The zero-order valence-corrected chi connectivity index (χ0v) is 13.8. The Morgan fingerprint density at radius 1 is 1.09 bits per heavy atom. The number of rotatable bonds is 2. The van der Waals surface area contributed by atoms with Crippen LogP contribution in [-0.2, 0) is 0 Å². The summed E-state index contributed by atoms with van der Waals surface area (Å²) in [5.41, 5.74) is 5.37. The maximum absolute atomic E-state index is 6.44. The summed E-state index contributed by atoms with van der Waals surface area (Å²) in [5, 5.41) is 4.10. The van der Waals surface area contributed by atoms with E-state index in [0.29, 0.717) is 0 Å². The van der Waals surface area contributed by atoms with Gasteiger partial charge < -0.3 is 15.2 Å². The van der Waals surface area contributed by atoms with E-state index in [4.69, 9.17) is 16.6 Å². The molecule has 1 fully saturated rings. The van der Waals surface area contributed by atoms with Crippen molar-refractivity contribution in [2.45, 2.75) is 6.92 Å². The Bertz CT molecular complexity index is 849. The van der Waals surface area contributed by atoms with Gasteiger partial charge in [-0.2, -0.15) is 0 Å². The summed E-state index contributed by atoms with van der Waals surface area (Å²) >= 11 is 6.44. The highest BCUT2D eigenvalue weighted by atomic mass is 35.5. The fraction of sp³-hybridized carbons (Fsp3) is 0.278. The number of nitrogens with zero attached hydrogens (tertiary/aromatic N) is 2. The van der Waals surface area contributed by atoms with Gasteiger partial charge in [-0.15, -0.1) is 0 Å². The van der Waals surface area contributed by atoms with Gasteiger partial charge in [-0.3, -0.25) is 0 Å². The van der Waals surface area contributed by atoms with Crippen molar-refractivity contribution in [1.29, 1.82) is 0 Å². The van der Waals surface area contributed by atoms with Crippen LogP contribution in [0.25, 0.3) is 22.4 Å². The summed E-state index contributed by atoms with van der Waals surface area (Å²) in [6, 6.07) is 12.4. The minimum Gasteiger partial charge on any atom is -0.369 e. The second kappa shape index (κ2) is 5.87. The molecule has 0 unspecified atom stereocenters. The molecule has 0 saturated carbocycles. The number of fused-ring (bicyclic) bond motifs is 1. The number of benzene rings is 2. The van der Waals surface area contributed by atoms with Crippen LogP contribution >= 0.6 is 11.6 Å². The number of aromatic amines is 1. The van der Waals surface area contributed by atoms with Crippen molar-refractivity contribution in [2.24, 2.45) is 0 Å². The lowest BCUT2D eigenvalue weighted by molar-refractivity contribution is 0.589. The summed E-state index contributed by atoms with van der Waals surface area (Å²) in [5.74, 6) is 0.826. The number of aromatic nitrogens is 2. The molecule has 0 radical (unpaired) electrons. The molecule has 1 saturated heterocycles. The lowest BCUT2D eigenvalue weighted by Crippen LogP contribution is -2.43. The summed E-state index contributed by atoms with van der Waals surface area (Å²) < 4.78 is 0. The van der Waals surface area contributed by atoms with Crippen LogP contribution in [-0.4, -0.2) is 36.1 Å². The van der Waals surface area contributed by atoms with Crippen LogP contribution in [0, 0.1) is 6.92 Å². The van der Waals surface area contributed by atoms with E-state index in [-0.39, 0.29) is 0 Å². The molecule has 0 bridgehead atoms. The Balaban J connectivity index is 1.76. The van der Waals surface area contributed by atoms with Crippen LogP contribution in [0.15, 0.2) is 36.4 Å². The molecule has 1 aliphatic rings. The number of hydrogen-bond acceptors (Lipinski definition) is 3. The quantitative estimate of drug-likeness (QED) is 0.756. The third-order valence-corrected chi connectivity index (χ3v) is 4.66. The molecule has 0 spiro atoms. The Labute approximate surface area is 140 Å². The van der Waals surface area contributed by atoms with Crippen LogP contribution in [0.3, 0.4) is 0 Å². The van der Waals surface area contributed by atoms with Gasteiger partial charge in [-0.1, -0.05) is 17.7 Å². The molecule has 1 aromatic heterocycles. The van der Waals surface area contributed by atoms with Gasteiger partial charge in [-0.05, 0) is 42.8 Å². The smallest absolute Gasteiger partial charge is 0.140 e. The number of aryl methyl sites for hydroxylation is 1. The van der Waals surface area contributed by atoms with Crippen molar-refractivity contribution in [3.8, 4) is 11.4 Å². The predicted molar refractivity (Wildman–Crippen MR) is 96.4 cm³/mol. The molecule has 4 nitrogen and oxygen atoms in total. The van der Waals surface area contributed by atoms with Crippen molar-refractivity contribution < 1.29 is 0 Å². The minimum atomic E-state index is 0.722. The van der Waals surface area contributed by atoms with Crippen molar-refractivity contribution in [3.05, 3.63) is 47.0 Å². The highest BCUT2D eigenvalue weighted by molar-refractivity contribution is 6.33. The average molecular weight is 327 g/mol. The summed E-state index contributed by atoms with van der Waals surface area (Å²) in [7, 11) is 0. The SMILES string of the molecule is Cc1ccc2[nH]c(-c3cc(N4CCNCC4)ccc3Cl)nc2c1. The first-order valence-electron chi connectivity index (χ1n) is 7.93. The molecule has 2 heterocycles. The Kier molecular flexibility index (Phi) is 3.71. The normalized spacial score (nSPS) is 15.3. The number of H-pyrrole nitrogens is 1. The van der Waals surface area contributed by atoms with E-state index in [2.05, 4.69) is 52.5 Å². The number of anilines is 1. The van der Waals surface area contributed by atoms with Crippen LogP contribution in [0.4, 0.5) is 5.69 Å².